The van der Waals surface area contributed by atoms with Gasteiger partial charge in [-0.25, -0.2) is 14.2 Å². The molecule has 0 atom stereocenters. The summed E-state index contributed by atoms with van der Waals surface area (Å²) in [6.45, 7) is 0. The summed E-state index contributed by atoms with van der Waals surface area (Å²) in [7, 11) is 0. The number of rotatable bonds is 4. The summed E-state index contributed by atoms with van der Waals surface area (Å²) >= 11 is 0. The van der Waals surface area contributed by atoms with Gasteiger partial charge in [-0.1, -0.05) is 6.07 Å². The van der Waals surface area contributed by atoms with Gasteiger partial charge in [0.1, 0.15) is 11.6 Å². The fourth-order valence-corrected chi connectivity index (χ4v) is 1.37. The molecule has 0 saturated heterocycles. The first-order valence-electron chi connectivity index (χ1n) is 5.44. The lowest BCUT2D eigenvalue weighted by molar-refractivity contribution is -0.131. The number of halogens is 1. The number of pyridine rings is 1. The molecule has 0 fully saturated rings. The van der Waals surface area contributed by atoms with Crippen molar-refractivity contribution in [3.8, 4) is 11.6 Å². The van der Waals surface area contributed by atoms with E-state index in [-0.39, 0.29) is 0 Å². The van der Waals surface area contributed by atoms with E-state index in [1.54, 1.807) is 18.2 Å². The summed E-state index contributed by atoms with van der Waals surface area (Å²) in [6, 6.07) is 8.95. The largest absolute Gasteiger partial charge is 0.478 e. The minimum absolute atomic E-state index is 0.304. The van der Waals surface area contributed by atoms with Crippen LogP contribution < -0.4 is 4.74 Å². The number of carboxylic acid groups (broad SMARTS) is 1. The Hall–Kier alpha value is -2.69. The Kier molecular flexibility index (Phi) is 3.87. The molecule has 1 aromatic carbocycles. The van der Waals surface area contributed by atoms with Crippen LogP contribution in [0.1, 0.15) is 5.56 Å². The first kappa shape index (κ1) is 12.8. The van der Waals surface area contributed by atoms with E-state index in [0.717, 1.165) is 6.08 Å². The smallest absolute Gasteiger partial charge is 0.328 e. The third kappa shape index (κ3) is 3.92. The Morgan fingerprint density at radius 1 is 1.32 bits per heavy atom. The highest BCUT2D eigenvalue weighted by atomic mass is 19.1. The van der Waals surface area contributed by atoms with Gasteiger partial charge < -0.3 is 9.84 Å². The molecule has 5 heteroatoms. The molecular formula is C14H10FNO3. The van der Waals surface area contributed by atoms with Crippen molar-refractivity contribution in [3.05, 3.63) is 60.1 Å². The number of ether oxygens (including phenoxy) is 1. The van der Waals surface area contributed by atoms with Crippen LogP contribution >= 0.6 is 0 Å². The van der Waals surface area contributed by atoms with E-state index in [2.05, 4.69) is 4.98 Å². The normalized spacial score (nSPS) is 10.6. The molecule has 4 nitrogen and oxygen atoms in total. The number of aromatic nitrogens is 1. The predicted octanol–water partition coefficient (Wildman–Crippen LogP) is 3.11. The zero-order chi connectivity index (χ0) is 13.7. The van der Waals surface area contributed by atoms with Gasteiger partial charge in [-0.15, -0.1) is 0 Å². The Labute approximate surface area is 108 Å². The van der Waals surface area contributed by atoms with Crippen molar-refractivity contribution in [1.82, 2.24) is 4.98 Å². The van der Waals surface area contributed by atoms with Crippen molar-refractivity contribution in [1.29, 1.82) is 0 Å². The van der Waals surface area contributed by atoms with E-state index in [0.29, 0.717) is 17.2 Å². The van der Waals surface area contributed by atoms with Gasteiger partial charge in [0, 0.05) is 24.4 Å². The van der Waals surface area contributed by atoms with Crippen molar-refractivity contribution in [2.45, 2.75) is 0 Å². The van der Waals surface area contributed by atoms with Crippen LogP contribution in [0, 0.1) is 5.82 Å². The Balaban J connectivity index is 2.08. The van der Waals surface area contributed by atoms with E-state index in [1.807, 2.05) is 0 Å². The van der Waals surface area contributed by atoms with Gasteiger partial charge in [0.05, 0.1) is 0 Å². The first-order chi connectivity index (χ1) is 9.13. The molecule has 2 aromatic rings. The van der Waals surface area contributed by atoms with E-state index in [9.17, 15) is 9.18 Å². The minimum atomic E-state index is -1.03. The van der Waals surface area contributed by atoms with Gasteiger partial charge in [-0.05, 0) is 29.8 Å². The molecule has 2 rings (SSSR count). The Morgan fingerprint density at radius 3 is 2.79 bits per heavy atom. The minimum Gasteiger partial charge on any atom is -0.478 e. The molecule has 0 aliphatic carbocycles. The van der Waals surface area contributed by atoms with Crippen LogP contribution in [-0.2, 0) is 4.79 Å². The van der Waals surface area contributed by atoms with Crippen LogP contribution in [0.2, 0.25) is 0 Å². The molecule has 0 amide bonds. The summed E-state index contributed by atoms with van der Waals surface area (Å²) in [5.74, 6) is -0.766. The number of carboxylic acids is 1. The monoisotopic (exact) mass is 259 g/mol. The number of nitrogens with zero attached hydrogens (tertiary/aromatic N) is 1. The molecule has 0 radical (unpaired) electrons. The van der Waals surface area contributed by atoms with E-state index < -0.39 is 11.8 Å². The number of aliphatic carboxylic acids is 1. The van der Waals surface area contributed by atoms with Crippen LogP contribution in [0.15, 0.2) is 48.7 Å². The molecule has 1 N–H and O–H groups in total. The van der Waals surface area contributed by atoms with Crippen molar-refractivity contribution >= 4 is 12.0 Å². The number of carbonyl (C=O) groups is 1. The average Bonchev–Trinajstić information content (AvgIpc) is 2.38. The first-order valence-corrected chi connectivity index (χ1v) is 5.44. The van der Waals surface area contributed by atoms with Crippen LogP contribution in [0.5, 0.6) is 11.6 Å². The second kappa shape index (κ2) is 5.77. The summed E-state index contributed by atoms with van der Waals surface area (Å²) in [4.78, 5) is 14.3. The van der Waals surface area contributed by atoms with Crippen LogP contribution in [-0.4, -0.2) is 16.1 Å². The number of hydrogen-bond acceptors (Lipinski definition) is 3. The maximum Gasteiger partial charge on any atom is 0.328 e. The maximum atomic E-state index is 12.9. The van der Waals surface area contributed by atoms with Crippen LogP contribution in [0.3, 0.4) is 0 Å². The molecular weight excluding hydrogens is 249 g/mol. The average molecular weight is 259 g/mol. The van der Waals surface area contributed by atoms with Gasteiger partial charge in [-0.3, -0.25) is 0 Å². The van der Waals surface area contributed by atoms with E-state index in [1.165, 1.54) is 30.5 Å². The molecule has 0 bridgehead atoms. The summed E-state index contributed by atoms with van der Waals surface area (Å²) in [5, 5.41) is 8.48. The fraction of sp³-hybridized carbons (Fsp3) is 0. The third-order valence-electron chi connectivity index (χ3n) is 2.20. The lowest BCUT2D eigenvalue weighted by Crippen LogP contribution is -1.89. The second-order valence-corrected chi connectivity index (χ2v) is 3.66. The zero-order valence-electron chi connectivity index (χ0n) is 9.79. The van der Waals surface area contributed by atoms with Gasteiger partial charge in [0.2, 0.25) is 5.88 Å². The lowest BCUT2D eigenvalue weighted by Gasteiger charge is -2.04. The maximum absolute atomic E-state index is 12.9. The summed E-state index contributed by atoms with van der Waals surface area (Å²) in [5.41, 5.74) is 0.633. The SMILES string of the molecule is O=C(O)/C=C/c1ccc(Oc2cccc(F)c2)nc1. The highest BCUT2D eigenvalue weighted by Gasteiger charge is 2.00. The van der Waals surface area contributed by atoms with Gasteiger partial charge in [0.15, 0.2) is 0 Å². The summed E-state index contributed by atoms with van der Waals surface area (Å²) in [6.07, 6.45) is 3.90. The quantitative estimate of drug-likeness (QED) is 0.857. The molecule has 0 aliphatic rings. The molecule has 19 heavy (non-hydrogen) atoms. The van der Waals surface area contributed by atoms with Crippen molar-refractivity contribution < 1.29 is 19.0 Å². The number of benzene rings is 1. The standard InChI is InChI=1S/C14H10FNO3/c15-11-2-1-3-12(8-11)19-13-6-4-10(9-16-13)5-7-14(17)18/h1-9H,(H,17,18)/b7-5+. The van der Waals surface area contributed by atoms with Crippen LogP contribution in [0.25, 0.3) is 6.08 Å². The van der Waals surface area contributed by atoms with E-state index >= 15 is 0 Å². The molecule has 0 aliphatic heterocycles. The second-order valence-electron chi connectivity index (χ2n) is 3.66. The molecule has 0 spiro atoms. The topological polar surface area (TPSA) is 59.4 Å². The molecule has 1 aromatic heterocycles. The van der Waals surface area contributed by atoms with Gasteiger partial charge in [-0.2, -0.15) is 0 Å². The third-order valence-corrected chi connectivity index (χ3v) is 2.20. The Morgan fingerprint density at radius 2 is 2.16 bits per heavy atom. The van der Waals surface area contributed by atoms with Crippen molar-refractivity contribution in [2.75, 3.05) is 0 Å². The van der Waals surface area contributed by atoms with Crippen molar-refractivity contribution in [2.24, 2.45) is 0 Å². The zero-order valence-corrected chi connectivity index (χ0v) is 9.79. The Bertz CT molecular complexity index is 608. The summed E-state index contributed by atoms with van der Waals surface area (Å²) < 4.78 is 18.3. The molecule has 0 unspecified atom stereocenters. The fourth-order valence-electron chi connectivity index (χ4n) is 1.37. The highest BCUT2D eigenvalue weighted by Crippen LogP contribution is 2.20. The predicted molar refractivity (Wildman–Crippen MR) is 67.4 cm³/mol. The van der Waals surface area contributed by atoms with Crippen molar-refractivity contribution in [3.63, 3.8) is 0 Å². The lowest BCUT2D eigenvalue weighted by atomic mass is 10.2. The molecule has 1 heterocycles. The molecule has 0 saturated carbocycles. The number of hydrogen-bond donors (Lipinski definition) is 1. The molecule has 96 valence electrons. The highest BCUT2D eigenvalue weighted by molar-refractivity contribution is 5.85. The van der Waals surface area contributed by atoms with E-state index in [4.69, 9.17) is 9.84 Å². The van der Waals surface area contributed by atoms with Gasteiger partial charge in [0.25, 0.3) is 0 Å². The van der Waals surface area contributed by atoms with Crippen LogP contribution in [0.4, 0.5) is 4.39 Å². The van der Waals surface area contributed by atoms with Gasteiger partial charge >= 0.3 is 5.97 Å².